The van der Waals surface area contributed by atoms with E-state index in [2.05, 4.69) is 41.5 Å². The van der Waals surface area contributed by atoms with Gasteiger partial charge in [-0.25, -0.2) is 0 Å². The Bertz CT molecular complexity index is 793. The Morgan fingerprint density at radius 1 is 0.375 bits per heavy atom. The summed E-state index contributed by atoms with van der Waals surface area (Å²) < 4.78 is 0. The van der Waals surface area contributed by atoms with Crippen LogP contribution >= 0.6 is 0 Å². The van der Waals surface area contributed by atoms with E-state index in [4.69, 9.17) is 0 Å². The summed E-state index contributed by atoms with van der Waals surface area (Å²) in [6.45, 7) is 14.1. The van der Waals surface area contributed by atoms with E-state index in [9.17, 15) is 0 Å². The summed E-state index contributed by atoms with van der Waals surface area (Å²) in [6, 6.07) is 0. The fourth-order valence-electron chi connectivity index (χ4n) is 5.33. The number of fused-ring (bicyclic) bond motifs is 3. The van der Waals surface area contributed by atoms with Gasteiger partial charge in [-0.3, -0.25) is 0 Å². The molecule has 0 saturated carbocycles. The Labute approximate surface area is 147 Å². The van der Waals surface area contributed by atoms with Crippen molar-refractivity contribution in [2.45, 2.75) is 80.1 Å². The molecule has 2 aromatic carbocycles. The zero-order chi connectivity index (χ0) is 17.2. The molecule has 126 valence electrons. The highest BCUT2D eigenvalue weighted by Crippen LogP contribution is 2.41. The van der Waals surface area contributed by atoms with Crippen LogP contribution in [0.5, 0.6) is 0 Å². The number of benzene rings is 2. The third-order valence-electron chi connectivity index (χ3n) is 7.31. The van der Waals surface area contributed by atoms with Crippen LogP contribution in [0, 0.1) is 41.5 Å². The molecule has 0 bridgehead atoms. The van der Waals surface area contributed by atoms with Gasteiger partial charge in [0.25, 0.3) is 0 Å². The van der Waals surface area contributed by atoms with E-state index in [1.54, 1.807) is 44.5 Å². The monoisotopic (exact) mass is 318 g/mol. The first-order valence-electron chi connectivity index (χ1n) is 9.62. The topological polar surface area (TPSA) is 0 Å². The molecule has 0 aromatic heterocycles. The lowest BCUT2D eigenvalue weighted by Crippen LogP contribution is -2.19. The first-order valence-corrected chi connectivity index (χ1v) is 9.62. The van der Waals surface area contributed by atoms with Gasteiger partial charge in [0, 0.05) is 0 Å². The number of rotatable bonds is 0. The normalized spacial score (nSPS) is 15.8. The average Bonchev–Trinajstić information content (AvgIpc) is 2.61. The van der Waals surface area contributed by atoms with Crippen molar-refractivity contribution in [2.24, 2.45) is 0 Å². The van der Waals surface area contributed by atoms with E-state index in [-0.39, 0.29) is 0 Å². The van der Waals surface area contributed by atoms with Crippen molar-refractivity contribution >= 4 is 0 Å². The van der Waals surface area contributed by atoms with Crippen LogP contribution in [0.1, 0.15) is 79.6 Å². The Morgan fingerprint density at radius 2 is 0.708 bits per heavy atom. The van der Waals surface area contributed by atoms with Crippen LogP contribution in [-0.4, -0.2) is 0 Å². The Hall–Kier alpha value is -1.56. The molecule has 0 radical (unpaired) electrons. The maximum atomic E-state index is 2.40. The molecule has 0 unspecified atom stereocenters. The molecule has 0 heteroatoms. The lowest BCUT2D eigenvalue weighted by Gasteiger charge is -2.32. The number of hydrogen-bond acceptors (Lipinski definition) is 0. The highest BCUT2D eigenvalue weighted by Gasteiger charge is 2.27. The molecule has 0 nitrogen and oxygen atoms in total. The average molecular weight is 319 g/mol. The van der Waals surface area contributed by atoms with Gasteiger partial charge in [-0.15, -0.1) is 0 Å². The zero-order valence-electron chi connectivity index (χ0n) is 16.2. The second-order valence-electron chi connectivity index (χ2n) is 8.18. The quantitative estimate of drug-likeness (QED) is 0.483. The number of hydrogen-bond donors (Lipinski definition) is 0. The van der Waals surface area contributed by atoms with Crippen molar-refractivity contribution in [3.63, 3.8) is 0 Å². The first-order chi connectivity index (χ1) is 11.4. The summed E-state index contributed by atoms with van der Waals surface area (Å²) in [4.78, 5) is 0. The van der Waals surface area contributed by atoms with Gasteiger partial charge in [0.15, 0.2) is 0 Å². The highest BCUT2D eigenvalue weighted by atomic mass is 14.3. The molecule has 0 heterocycles. The third kappa shape index (κ3) is 2.05. The molecule has 0 N–H and O–H groups in total. The third-order valence-corrected chi connectivity index (χ3v) is 7.31. The molecule has 0 fully saturated rings. The van der Waals surface area contributed by atoms with Crippen LogP contribution in [0.4, 0.5) is 0 Å². The Morgan fingerprint density at radius 3 is 1.08 bits per heavy atom. The Balaban J connectivity index is 1.97. The van der Waals surface area contributed by atoms with Crippen molar-refractivity contribution < 1.29 is 0 Å². The van der Waals surface area contributed by atoms with Crippen molar-refractivity contribution in [2.75, 3.05) is 0 Å². The van der Waals surface area contributed by atoms with E-state index < -0.39 is 0 Å². The minimum atomic E-state index is 1.15. The summed E-state index contributed by atoms with van der Waals surface area (Å²) in [5, 5.41) is 0. The van der Waals surface area contributed by atoms with Gasteiger partial charge in [0.1, 0.15) is 0 Å². The highest BCUT2D eigenvalue weighted by molar-refractivity contribution is 5.62. The van der Waals surface area contributed by atoms with Crippen molar-refractivity contribution in [3.8, 4) is 0 Å². The molecule has 0 saturated heterocycles. The van der Waals surface area contributed by atoms with Crippen LogP contribution in [0.3, 0.4) is 0 Å². The van der Waals surface area contributed by atoms with Gasteiger partial charge < -0.3 is 0 Å². The van der Waals surface area contributed by atoms with Gasteiger partial charge >= 0.3 is 0 Å². The van der Waals surface area contributed by atoms with Crippen LogP contribution in [0.15, 0.2) is 0 Å². The first kappa shape index (κ1) is 15.9. The van der Waals surface area contributed by atoms with Crippen molar-refractivity contribution in [1.29, 1.82) is 0 Å². The minimum Gasteiger partial charge on any atom is -0.0489 e. The second kappa shape index (κ2) is 5.48. The van der Waals surface area contributed by atoms with E-state index in [0.717, 1.165) is 12.8 Å². The van der Waals surface area contributed by atoms with Gasteiger partial charge in [-0.05, 0) is 147 Å². The van der Waals surface area contributed by atoms with Crippen molar-refractivity contribution in [1.82, 2.24) is 0 Å². The molecular weight excluding hydrogens is 288 g/mol. The van der Waals surface area contributed by atoms with Gasteiger partial charge in [0.05, 0.1) is 0 Å². The van der Waals surface area contributed by atoms with E-state index >= 15 is 0 Å². The second-order valence-corrected chi connectivity index (χ2v) is 8.18. The minimum absolute atomic E-state index is 1.15. The van der Waals surface area contributed by atoms with E-state index in [1.807, 2.05) is 0 Å². The van der Waals surface area contributed by atoms with Crippen LogP contribution < -0.4 is 0 Å². The molecule has 2 aromatic rings. The maximum absolute atomic E-state index is 2.40. The molecule has 0 aliphatic heterocycles. The molecule has 2 aliphatic carbocycles. The summed E-state index contributed by atoms with van der Waals surface area (Å²) in [6.07, 6.45) is 7.65. The molecule has 2 aliphatic rings. The van der Waals surface area contributed by atoms with Crippen LogP contribution in [-0.2, 0) is 25.7 Å². The standard InChI is InChI=1S/C24H30/c1-13-14(2)16(4)22-12-24-18(6)20-10-8-7-9-19(20)17(5)23(24)11-21(22)15(13)3/h7-12H2,1-6H3. The lowest BCUT2D eigenvalue weighted by atomic mass is 9.72. The maximum Gasteiger partial charge on any atom is -0.00144 e. The molecule has 0 atom stereocenters. The predicted molar refractivity (Wildman–Crippen MR) is 104 cm³/mol. The fraction of sp³-hybridized carbons (Fsp3) is 0.500. The Kier molecular flexibility index (Phi) is 3.64. The van der Waals surface area contributed by atoms with Crippen molar-refractivity contribution in [3.05, 3.63) is 66.8 Å². The van der Waals surface area contributed by atoms with E-state index in [0.29, 0.717) is 0 Å². The van der Waals surface area contributed by atoms with E-state index in [1.165, 1.54) is 47.9 Å². The summed E-state index contributed by atoms with van der Waals surface area (Å²) >= 11 is 0. The summed E-state index contributed by atoms with van der Waals surface area (Å²) in [5.41, 5.74) is 19.3. The zero-order valence-corrected chi connectivity index (χ0v) is 16.2. The lowest BCUT2D eigenvalue weighted by molar-refractivity contribution is 0.673. The molecular formula is C24H30. The van der Waals surface area contributed by atoms with Gasteiger partial charge in [-0.2, -0.15) is 0 Å². The van der Waals surface area contributed by atoms with Gasteiger partial charge in [0.2, 0.25) is 0 Å². The molecule has 0 amide bonds. The smallest absolute Gasteiger partial charge is 0.00144 e. The van der Waals surface area contributed by atoms with Gasteiger partial charge in [-0.1, -0.05) is 0 Å². The SMILES string of the molecule is Cc1c(C)c(C)c2c(c1C)Cc1c(C)c3c(c(C)c1C2)CCCC3. The molecule has 0 spiro atoms. The summed E-state index contributed by atoms with van der Waals surface area (Å²) in [7, 11) is 0. The van der Waals surface area contributed by atoms with Crippen LogP contribution in [0.25, 0.3) is 0 Å². The predicted octanol–water partition coefficient (Wildman–Crippen LogP) is 5.91. The largest absolute Gasteiger partial charge is 0.0489 e. The molecule has 4 rings (SSSR count). The fourth-order valence-corrected chi connectivity index (χ4v) is 5.33. The van der Waals surface area contributed by atoms with Crippen LogP contribution in [0.2, 0.25) is 0 Å². The summed E-state index contributed by atoms with van der Waals surface area (Å²) in [5.74, 6) is 0. The molecule has 24 heavy (non-hydrogen) atoms.